The van der Waals surface area contributed by atoms with Gasteiger partial charge in [0.15, 0.2) is 5.69 Å². The zero-order valence-electron chi connectivity index (χ0n) is 13.8. The predicted octanol–water partition coefficient (Wildman–Crippen LogP) is 3.26. The van der Waals surface area contributed by atoms with Gasteiger partial charge in [-0.1, -0.05) is 5.21 Å². The van der Waals surface area contributed by atoms with Crippen LogP contribution in [0.1, 0.15) is 17.4 Å². The molecule has 0 fully saturated rings. The highest BCUT2D eigenvalue weighted by Crippen LogP contribution is 2.27. The summed E-state index contributed by atoms with van der Waals surface area (Å²) in [6.45, 7) is 1.93. The molecule has 7 heteroatoms. The van der Waals surface area contributed by atoms with E-state index < -0.39 is 5.97 Å². The van der Waals surface area contributed by atoms with Crippen LogP contribution in [-0.4, -0.2) is 34.7 Å². The molecule has 0 radical (unpaired) electrons. The van der Waals surface area contributed by atoms with Gasteiger partial charge < -0.3 is 9.47 Å². The normalized spacial score (nSPS) is 10.5. The Kier molecular flexibility index (Phi) is 4.74. The number of rotatable bonds is 5. The predicted molar refractivity (Wildman–Crippen MR) is 89.3 cm³/mol. The van der Waals surface area contributed by atoms with Crippen LogP contribution in [0.2, 0.25) is 0 Å². The number of carbonyl (C=O) groups excluding carboxylic acids is 1. The van der Waals surface area contributed by atoms with Crippen molar-refractivity contribution in [3.63, 3.8) is 0 Å². The maximum absolute atomic E-state index is 13.3. The number of halogens is 1. The van der Waals surface area contributed by atoms with E-state index in [1.807, 2.05) is 0 Å². The molecule has 3 rings (SSSR count). The summed E-state index contributed by atoms with van der Waals surface area (Å²) in [5.41, 5.74) is 1.79. The van der Waals surface area contributed by atoms with Crippen LogP contribution in [0.3, 0.4) is 0 Å². The first-order chi connectivity index (χ1) is 12.1. The number of carbonyl (C=O) groups is 1. The fourth-order valence-electron chi connectivity index (χ4n) is 2.39. The molecule has 0 atom stereocenters. The second-order valence-corrected chi connectivity index (χ2v) is 5.12. The van der Waals surface area contributed by atoms with Gasteiger partial charge in [0.2, 0.25) is 0 Å². The van der Waals surface area contributed by atoms with E-state index in [1.54, 1.807) is 50.4 Å². The smallest absolute Gasteiger partial charge is 0.361 e. The van der Waals surface area contributed by atoms with Gasteiger partial charge in [0.25, 0.3) is 0 Å². The highest BCUT2D eigenvalue weighted by atomic mass is 19.1. The molecule has 0 aliphatic rings. The molecule has 3 aromatic rings. The van der Waals surface area contributed by atoms with Crippen LogP contribution in [-0.2, 0) is 4.74 Å². The first kappa shape index (κ1) is 16.6. The number of hydrogen-bond donors (Lipinski definition) is 0. The Morgan fingerprint density at radius 2 is 1.80 bits per heavy atom. The molecular weight excluding hydrogens is 325 g/mol. The van der Waals surface area contributed by atoms with Gasteiger partial charge in [0.1, 0.15) is 17.3 Å². The number of methoxy groups -OCH3 is 1. The molecule has 0 saturated carbocycles. The number of benzene rings is 2. The Hall–Kier alpha value is -3.22. The third-order valence-corrected chi connectivity index (χ3v) is 3.57. The van der Waals surface area contributed by atoms with Gasteiger partial charge in [0.05, 0.1) is 19.4 Å². The molecule has 0 unspecified atom stereocenters. The Labute approximate surface area is 143 Å². The number of aromatic nitrogens is 3. The van der Waals surface area contributed by atoms with Gasteiger partial charge in [-0.05, 0) is 55.5 Å². The summed E-state index contributed by atoms with van der Waals surface area (Å²) in [7, 11) is 1.58. The lowest BCUT2D eigenvalue weighted by Gasteiger charge is -2.09. The van der Waals surface area contributed by atoms with E-state index in [0.717, 1.165) is 0 Å². The third kappa shape index (κ3) is 3.35. The van der Waals surface area contributed by atoms with Gasteiger partial charge in [-0.3, -0.25) is 0 Å². The van der Waals surface area contributed by atoms with E-state index in [-0.39, 0.29) is 18.1 Å². The molecule has 0 saturated heterocycles. The SMILES string of the molecule is CCOC(=O)c1nnn(-c2ccc(OC)cc2)c1-c1ccc(F)cc1. The molecule has 0 N–H and O–H groups in total. The van der Waals surface area contributed by atoms with Crippen LogP contribution in [0, 0.1) is 5.82 Å². The molecule has 128 valence electrons. The van der Waals surface area contributed by atoms with Crippen molar-refractivity contribution in [2.24, 2.45) is 0 Å². The highest BCUT2D eigenvalue weighted by Gasteiger charge is 2.23. The van der Waals surface area contributed by atoms with Crippen molar-refractivity contribution in [3.8, 4) is 22.7 Å². The molecule has 1 aromatic heterocycles. The van der Waals surface area contributed by atoms with Crippen LogP contribution in [0.4, 0.5) is 4.39 Å². The minimum absolute atomic E-state index is 0.0734. The second-order valence-electron chi connectivity index (χ2n) is 5.12. The standard InChI is InChI=1S/C18H16FN3O3/c1-3-25-18(23)16-17(12-4-6-13(19)7-5-12)22(21-20-16)14-8-10-15(24-2)11-9-14/h4-11H,3H2,1-2H3. The van der Waals surface area contributed by atoms with Crippen LogP contribution >= 0.6 is 0 Å². The number of esters is 1. The molecule has 2 aromatic carbocycles. The number of nitrogens with zero attached hydrogens (tertiary/aromatic N) is 3. The summed E-state index contributed by atoms with van der Waals surface area (Å²) in [6, 6.07) is 12.9. The Bertz CT molecular complexity index is 874. The van der Waals surface area contributed by atoms with Gasteiger partial charge in [-0.25, -0.2) is 13.9 Å². The summed E-state index contributed by atoms with van der Waals surface area (Å²) in [5, 5.41) is 8.04. The Balaban J connectivity index is 2.14. The molecule has 0 amide bonds. The van der Waals surface area contributed by atoms with E-state index in [1.165, 1.54) is 16.8 Å². The van der Waals surface area contributed by atoms with Gasteiger partial charge in [-0.2, -0.15) is 0 Å². The first-order valence-electron chi connectivity index (χ1n) is 7.67. The summed E-state index contributed by atoms with van der Waals surface area (Å²) < 4.78 is 25.0. The molecular formula is C18H16FN3O3. The largest absolute Gasteiger partial charge is 0.497 e. The minimum atomic E-state index is -0.582. The Morgan fingerprint density at radius 3 is 2.40 bits per heavy atom. The Morgan fingerprint density at radius 1 is 1.12 bits per heavy atom. The summed E-state index contributed by atoms with van der Waals surface area (Å²) in [6.07, 6.45) is 0. The fraction of sp³-hybridized carbons (Fsp3) is 0.167. The molecule has 0 spiro atoms. The van der Waals surface area contributed by atoms with E-state index in [0.29, 0.717) is 22.7 Å². The van der Waals surface area contributed by atoms with Crippen molar-refractivity contribution in [2.75, 3.05) is 13.7 Å². The lowest BCUT2D eigenvalue weighted by atomic mass is 10.1. The molecule has 1 heterocycles. The van der Waals surface area contributed by atoms with Crippen LogP contribution < -0.4 is 4.74 Å². The van der Waals surface area contributed by atoms with Crippen molar-refractivity contribution >= 4 is 5.97 Å². The topological polar surface area (TPSA) is 66.2 Å². The summed E-state index contributed by atoms with van der Waals surface area (Å²) in [5.74, 6) is -0.260. The lowest BCUT2D eigenvalue weighted by Crippen LogP contribution is -2.08. The molecule has 25 heavy (non-hydrogen) atoms. The van der Waals surface area contributed by atoms with Crippen LogP contribution in [0.15, 0.2) is 48.5 Å². The zero-order chi connectivity index (χ0) is 17.8. The lowest BCUT2D eigenvalue weighted by molar-refractivity contribution is 0.0520. The maximum atomic E-state index is 13.3. The average molecular weight is 341 g/mol. The summed E-state index contributed by atoms with van der Waals surface area (Å²) >= 11 is 0. The van der Waals surface area contributed by atoms with E-state index in [4.69, 9.17) is 9.47 Å². The zero-order valence-corrected chi connectivity index (χ0v) is 13.8. The number of hydrogen-bond acceptors (Lipinski definition) is 5. The molecule has 0 aliphatic carbocycles. The van der Waals surface area contributed by atoms with Gasteiger partial charge in [-0.15, -0.1) is 5.10 Å². The van der Waals surface area contributed by atoms with Gasteiger partial charge in [0, 0.05) is 5.56 Å². The fourth-order valence-corrected chi connectivity index (χ4v) is 2.39. The monoisotopic (exact) mass is 341 g/mol. The van der Waals surface area contributed by atoms with Crippen LogP contribution in [0.5, 0.6) is 5.75 Å². The second kappa shape index (κ2) is 7.12. The third-order valence-electron chi connectivity index (χ3n) is 3.57. The average Bonchev–Trinajstić information content (AvgIpc) is 3.08. The van der Waals surface area contributed by atoms with Crippen molar-refractivity contribution in [1.29, 1.82) is 0 Å². The van der Waals surface area contributed by atoms with Crippen molar-refractivity contribution in [1.82, 2.24) is 15.0 Å². The minimum Gasteiger partial charge on any atom is -0.497 e. The molecule has 0 bridgehead atoms. The maximum Gasteiger partial charge on any atom is 0.361 e. The summed E-state index contributed by atoms with van der Waals surface area (Å²) in [4.78, 5) is 12.2. The van der Waals surface area contributed by atoms with E-state index in [9.17, 15) is 9.18 Å². The van der Waals surface area contributed by atoms with Crippen molar-refractivity contribution < 1.29 is 18.7 Å². The van der Waals surface area contributed by atoms with Crippen molar-refractivity contribution in [2.45, 2.75) is 6.92 Å². The van der Waals surface area contributed by atoms with Crippen molar-refractivity contribution in [3.05, 3.63) is 60.0 Å². The molecule has 6 nitrogen and oxygen atoms in total. The first-order valence-corrected chi connectivity index (χ1v) is 7.67. The van der Waals surface area contributed by atoms with E-state index in [2.05, 4.69) is 10.3 Å². The van der Waals surface area contributed by atoms with E-state index >= 15 is 0 Å². The molecule has 0 aliphatic heterocycles. The highest BCUT2D eigenvalue weighted by molar-refractivity contribution is 5.94. The van der Waals surface area contributed by atoms with Gasteiger partial charge >= 0.3 is 5.97 Å². The quantitative estimate of drug-likeness (QED) is 0.667. The number of ether oxygens (including phenoxy) is 2. The van der Waals surface area contributed by atoms with Crippen LogP contribution in [0.25, 0.3) is 16.9 Å².